The van der Waals surface area contributed by atoms with Crippen molar-refractivity contribution in [3.63, 3.8) is 0 Å². The van der Waals surface area contributed by atoms with E-state index in [1.807, 2.05) is 13.8 Å². The summed E-state index contributed by atoms with van der Waals surface area (Å²) in [6.45, 7) is 7.35. The Hall–Kier alpha value is -3.08. The van der Waals surface area contributed by atoms with Crippen molar-refractivity contribution in [1.82, 2.24) is 14.4 Å². The summed E-state index contributed by atoms with van der Waals surface area (Å²) >= 11 is 0. The summed E-state index contributed by atoms with van der Waals surface area (Å²) in [5, 5.41) is 1.30. The van der Waals surface area contributed by atoms with Crippen LogP contribution in [-0.2, 0) is 24.4 Å². The van der Waals surface area contributed by atoms with Crippen molar-refractivity contribution in [3.05, 3.63) is 71.1 Å². The van der Waals surface area contributed by atoms with Gasteiger partial charge < -0.3 is 4.74 Å². The number of aromatic nitrogens is 1. The fraction of sp³-hybridized carbons (Fsp3) is 0.423. The maximum absolute atomic E-state index is 13.6. The van der Waals surface area contributed by atoms with E-state index in [9.17, 15) is 18.0 Å². The van der Waals surface area contributed by atoms with Crippen molar-refractivity contribution in [2.75, 3.05) is 20.2 Å². The number of rotatable bonds is 4. The minimum absolute atomic E-state index is 0.0547. The minimum Gasteiger partial charge on any atom is -0.469 e. The van der Waals surface area contributed by atoms with Gasteiger partial charge in [0.1, 0.15) is 11.0 Å². The second-order valence-electron chi connectivity index (χ2n) is 10.3. The number of amides is 1. The number of fused-ring (bicyclic) bond motifs is 2. The molecule has 9 nitrogen and oxygen atoms in total. The number of ether oxygens (including phenoxy) is 1. The summed E-state index contributed by atoms with van der Waals surface area (Å²) < 4.78 is 33.8. The first kappa shape index (κ1) is 24.6. The van der Waals surface area contributed by atoms with Gasteiger partial charge >= 0.3 is 5.97 Å². The quantitative estimate of drug-likeness (QED) is 0.459. The minimum atomic E-state index is -3.83. The Kier molecular flexibility index (Phi) is 5.44. The Labute approximate surface area is 210 Å². The Balaban J connectivity index is 1.61. The molecule has 3 aliphatic heterocycles. The first-order valence-electron chi connectivity index (χ1n) is 11.7. The Bertz CT molecular complexity index is 1390. The second-order valence-corrected chi connectivity index (χ2v) is 12.2. The summed E-state index contributed by atoms with van der Waals surface area (Å²) in [6.07, 6.45) is 3.24. The van der Waals surface area contributed by atoms with E-state index in [4.69, 9.17) is 9.57 Å². The predicted octanol–water partition coefficient (Wildman–Crippen LogP) is 2.88. The van der Waals surface area contributed by atoms with Crippen LogP contribution >= 0.6 is 0 Å². The number of esters is 1. The molecule has 2 aromatic rings. The molecular weight excluding hydrogens is 482 g/mol. The molecule has 3 atom stereocenters. The lowest BCUT2D eigenvalue weighted by atomic mass is 9.56. The van der Waals surface area contributed by atoms with Crippen LogP contribution in [0.3, 0.4) is 0 Å². The lowest BCUT2D eigenvalue weighted by Gasteiger charge is -2.62. The number of methoxy groups -OCH3 is 1. The zero-order valence-electron chi connectivity index (χ0n) is 20.9. The number of hydrogen-bond acceptors (Lipinski definition) is 7. The second kappa shape index (κ2) is 7.96. The molecule has 4 aliphatic rings. The van der Waals surface area contributed by atoms with Crippen LogP contribution in [-0.4, -0.2) is 66.0 Å². The average Bonchev–Trinajstić information content (AvgIpc) is 3.35. The summed E-state index contributed by atoms with van der Waals surface area (Å²) in [7, 11) is -2.52. The van der Waals surface area contributed by atoms with Gasteiger partial charge in [-0.25, -0.2) is 13.5 Å². The van der Waals surface area contributed by atoms with E-state index in [2.05, 4.69) is 4.98 Å². The number of benzene rings is 1. The van der Waals surface area contributed by atoms with E-state index >= 15 is 0 Å². The van der Waals surface area contributed by atoms with Gasteiger partial charge in [-0.1, -0.05) is 17.7 Å². The van der Waals surface area contributed by atoms with Gasteiger partial charge in [0.05, 0.1) is 23.1 Å². The molecule has 36 heavy (non-hydrogen) atoms. The molecule has 0 radical (unpaired) electrons. The zero-order valence-corrected chi connectivity index (χ0v) is 21.8. The molecule has 2 bridgehead atoms. The highest BCUT2D eigenvalue weighted by Gasteiger charge is 2.71. The molecule has 0 saturated carbocycles. The van der Waals surface area contributed by atoms with Crippen molar-refractivity contribution in [2.24, 2.45) is 5.41 Å². The molecule has 1 saturated heterocycles. The number of carbonyl (C=O) groups excluding carboxylic acids is 2. The van der Waals surface area contributed by atoms with Gasteiger partial charge in [0.15, 0.2) is 0 Å². The molecule has 0 spiro atoms. The first-order valence-corrected chi connectivity index (χ1v) is 13.1. The fourth-order valence-corrected chi connectivity index (χ4v) is 7.23. The monoisotopic (exact) mass is 511 g/mol. The van der Waals surface area contributed by atoms with Crippen LogP contribution in [0.15, 0.2) is 64.8 Å². The van der Waals surface area contributed by atoms with Gasteiger partial charge in [-0.3, -0.25) is 19.4 Å². The lowest BCUT2D eigenvalue weighted by molar-refractivity contribution is -0.315. The smallest absolute Gasteiger partial charge is 0.315 e. The van der Waals surface area contributed by atoms with Crippen molar-refractivity contribution < 1.29 is 27.6 Å². The van der Waals surface area contributed by atoms with Crippen LogP contribution in [0, 0.1) is 12.3 Å². The van der Waals surface area contributed by atoms with Gasteiger partial charge in [0.25, 0.3) is 5.91 Å². The van der Waals surface area contributed by atoms with Gasteiger partial charge in [-0.05, 0) is 69.5 Å². The highest BCUT2D eigenvalue weighted by Crippen LogP contribution is 2.62. The van der Waals surface area contributed by atoms with Crippen molar-refractivity contribution in [2.45, 2.75) is 50.2 Å². The van der Waals surface area contributed by atoms with Gasteiger partial charge in [0.2, 0.25) is 10.0 Å². The molecule has 190 valence electrons. The number of nitrogens with zero attached hydrogens (tertiary/aromatic N) is 3. The van der Waals surface area contributed by atoms with E-state index in [-0.39, 0.29) is 24.4 Å². The van der Waals surface area contributed by atoms with E-state index in [0.29, 0.717) is 11.1 Å². The Morgan fingerprint density at radius 2 is 1.72 bits per heavy atom. The first-order chi connectivity index (χ1) is 16.9. The topological polar surface area (TPSA) is 106 Å². The molecule has 1 amide bonds. The van der Waals surface area contributed by atoms with E-state index in [1.165, 1.54) is 22.7 Å². The number of hydrogen-bond donors (Lipinski definition) is 0. The molecular formula is C26H29N3O6S. The van der Waals surface area contributed by atoms with Gasteiger partial charge in [-0.2, -0.15) is 4.31 Å². The zero-order chi connectivity index (χ0) is 26.1. The van der Waals surface area contributed by atoms with Gasteiger partial charge in [-0.15, -0.1) is 0 Å². The molecule has 1 aromatic carbocycles. The van der Waals surface area contributed by atoms with E-state index in [0.717, 1.165) is 11.1 Å². The summed E-state index contributed by atoms with van der Waals surface area (Å²) in [5.74, 6) is -0.883. The molecule has 0 unspecified atom stereocenters. The van der Waals surface area contributed by atoms with Crippen LogP contribution < -0.4 is 0 Å². The van der Waals surface area contributed by atoms with E-state index < -0.39 is 38.5 Å². The molecule has 1 aromatic heterocycles. The summed E-state index contributed by atoms with van der Waals surface area (Å²) in [6, 6.07) is 10.0. The average molecular weight is 512 g/mol. The van der Waals surface area contributed by atoms with Crippen molar-refractivity contribution >= 4 is 21.9 Å². The van der Waals surface area contributed by atoms with Gasteiger partial charge in [0, 0.05) is 25.5 Å². The maximum Gasteiger partial charge on any atom is 0.315 e. The lowest BCUT2D eigenvalue weighted by Crippen LogP contribution is -2.73. The number of aryl methyl sites for hydroxylation is 1. The third-order valence-electron chi connectivity index (χ3n) is 8.12. The molecule has 0 N–H and O–H groups in total. The largest absolute Gasteiger partial charge is 0.469 e. The Morgan fingerprint density at radius 1 is 1.06 bits per heavy atom. The third-order valence-corrected chi connectivity index (χ3v) is 9.93. The summed E-state index contributed by atoms with van der Waals surface area (Å²) in [4.78, 5) is 37.4. The standard InChI is InChI=1S/C26H29N3O6S/c1-17-8-10-19(11-9-17)36(32,33)28-14-20-21(15-28)26(4)24(2,23(31)34-5)16-25(20,3)29(35-26)22(30)18-7-6-12-27-13-18/h6-13H,14-16H2,1-5H3/t24-,25-,26+/m0/s1. The van der Waals surface area contributed by atoms with Crippen LogP contribution in [0.25, 0.3) is 0 Å². The van der Waals surface area contributed by atoms with Crippen LogP contribution in [0.4, 0.5) is 0 Å². The molecule has 1 fully saturated rings. The summed E-state index contributed by atoms with van der Waals surface area (Å²) in [5.41, 5.74) is -0.787. The van der Waals surface area contributed by atoms with Crippen molar-refractivity contribution in [3.8, 4) is 0 Å². The normalized spacial score (nSPS) is 29.9. The maximum atomic E-state index is 13.6. The fourth-order valence-electron chi connectivity index (χ4n) is 5.86. The van der Waals surface area contributed by atoms with Crippen LogP contribution in [0.5, 0.6) is 0 Å². The highest BCUT2D eigenvalue weighted by atomic mass is 32.2. The van der Waals surface area contributed by atoms with Crippen LogP contribution in [0.1, 0.15) is 43.1 Å². The Morgan fingerprint density at radius 3 is 2.33 bits per heavy atom. The number of carbonyl (C=O) groups is 2. The number of sulfonamides is 1. The number of pyridine rings is 1. The van der Waals surface area contributed by atoms with Crippen LogP contribution in [0.2, 0.25) is 0 Å². The molecule has 6 rings (SSSR count). The number of hydroxylamine groups is 2. The molecule has 1 aliphatic carbocycles. The molecule has 10 heteroatoms. The third kappa shape index (κ3) is 3.21. The highest BCUT2D eigenvalue weighted by molar-refractivity contribution is 7.89. The van der Waals surface area contributed by atoms with Crippen molar-refractivity contribution in [1.29, 1.82) is 0 Å². The SMILES string of the molecule is COC(=O)[C@]1(C)C[C@@]2(C)C3=C(CN(S(=O)(=O)c4ccc(C)cc4)C3)[C@@]1(C)ON2C(=O)c1cccnc1. The predicted molar refractivity (Wildman–Crippen MR) is 130 cm³/mol. The molecule has 4 heterocycles. The van der Waals surface area contributed by atoms with E-state index in [1.54, 1.807) is 56.4 Å².